The van der Waals surface area contributed by atoms with Crippen LogP contribution in [0.5, 0.6) is 0 Å². The third-order valence-corrected chi connectivity index (χ3v) is 9.68. The van der Waals surface area contributed by atoms with Gasteiger partial charge in [0.05, 0.1) is 12.7 Å². The molecule has 9 atom stereocenters. The zero-order valence-electron chi connectivity index (χ0n) is 17.9. The van der Waals surface area contributed by atoms with Crippen molar-refractivity contribution in [1.29, 1.82) is 0 Å². The van der Waals surface area contributed by atoms with E-state index in [0.29, 0.717) is 17.3 Å². The van der Waals surface area contributed by atoms with E-state index < -0.39 is 6.10 Å². The summed E-state index contributed by atoms with van der Waals surface area (Å²) in [5.41, 5.74) is 0.579. The predicted molar refractivity (Wildman–Crippen MR) is 104 cm³/mol. The summed E-state index contributed by atoms with van der Waals surface area (Å²) >= 11 is 0. The fraction of sp³-hybridized carbons (Fsp3) is 0.957. The van der Waals surface area contributed by atoms with Crippen LogP contribution in [0.25, 0.3) is 0 Å². The first-order valence-corrected chi connectivity index (χ1v) is 11.3. The fourth-order valence-electron chi connectivity index (χ4n) is 8.36. The molecule has 4 aliphatic carbocycles. The zero-order chi connectivity index (χ0) is 19.4. The Hall–Kier alpha value is 0.832. The van der Waals surface area contributed by atoms with Crippen molar-refractivity contribution in [3.05, 3.63) is 0 Å². The number of esters is 1. The van der Waals surface area contributed by atoms with E-state index in [1.54, 1.807) is 0 Å². The van der Waals surface area contributed by atoms with Gasteiger partial charge in [0.2, 0.25) is 0 Å². The smallest absolute Gasteiger partial charge is 0.302 e. The first-order chi connectivity index (χ1) is 12.8. The molecule has 0 saturated heterocycles. The standard InChI is InChI=1S/C23H38O4.Ac/c1-14(25)27-16-8-10-22(2)15(12-16)4-5-17-18-6-7-20(21(26)13-24)23(18,3)11-9-19(17)22;/h15-21,24,26H,4-13H2,1-3H3;/t15?,16?,17?,18?,19?,20-,21?,22+,23+;/m1./s1. The molecule has 0 aliphatic heterocycles. The molecule has 0 heterocycles. The van der Waals surface area contributed by atoms with Gasteiger partial charge in [0.15, 0.2) is 0 Å². The van der Waals surface area contributed by atoms with Crippen LogP contribution in [0.2, 0.25) is 0 Å². The van der Waals surface area contributed by atoms with Gasteiger partial charge in [-0.25, -0.2) is 0 Å². The number of aliphatic hydroxyl groups excluding tert-OH is 2. The molecule has 5 heteroatoms. The topological polar surface area (TPSA) is 66.8 Å². The van der Waals surface area contributed by atoms with E-state index >= 15 is 0 Å². The summed E-state index contributed by atoms with van der Waals surface area (Å²) in [4.78, 5) is 11.4. The summed E-state index contributed by atoms with van der Waals surface area (Å²) in [5, 5.41) is 19.9. The van der Waals surface area contributed by atoms with Crippen molar-refractivity contribution in [3.63, 3.8) is 0 Å². The summed E-state index contributed by atoms with van der Waals surface area (Å²) in [5.74, 6) is 3.06. The van der Waals surface area contributed by atoms with Gasteiger partial charge >= 0.3 is 5.97 Å². The molecule has 4 saturated carbocycles. The molecule has 0 amide bonds. The van der Waals surface area contributed by atoms with Crippen LogP contribution in [0.1, 0.15) is 78.6 Å². The van der Waals surface area contributed by atoms with Crippen LogP contribution in [0.3, 0.4) is 0 Å². The van der Waals surface area contributed by atoms with E-state index in [-0.39, 0.29) is 74.1 Å². The van der Waals surface area contributed by atoms with Crippen LogP contribution >= 0.6 is 0 Å². The van der Waals surface area contributed by atoms with Crippen LogP contribution in [0.4, 0.5) is 0 Å². The van der Waals surface area contributed by atoms with Gasteiger partial charge in [0.1, 0.15) is 6.10 Å². The van der Waals surface area contributed by atoms with Crippen molar-refractivity contribution in [2.24, 2.45) is 40.4 Å². The molecule has 2 N–H and O–H groups in total. The largest absolute Gasteiger partial charge is 0.463 e. The molecule has 0 aromatic rings. The van der Waals surface area contributed by atoms with Crippen molar-refractivity contribution in [2.75, 3.05) is 6.61 Å². The molecule has 0 aromatic carbocycles. The monoisotopic (exact) mass is 605 g/mol. The number of aliphatic hydroxyl groups is 2. The molecule has 157 valence electrons. The van der Waals surface area contributed by atoms with Crippen LogP contribution in [0.15, 0.2) is 0 Å². The van der Waals surface area contributed by atoms with E-state index in [2.05, 4.69) is 13.8 Å². The summed E-state index contributed by atoms with van der Waals surface area (Å²) < 4.78 is 5.57. The molecule has 1 radical (unpaired) electrons. The Morgan fingerprint density at radius 1 is 1.04 bits per heavy atom. The molecule has 4 rings (SSSR count). The SMILES string of the molecule is CC(=O)OC1CC[C@@]2(C)C(CCC3C2CC[C@@]2(C)C3CC[C@@H]2C(O)CO)C1.[Ac]. The minimum Gasteiger partial charge on any atom is -0.463 e. The number of rotatable bonds is 3. The van der Waals surface area contributed by atoms with Crippen molar-refractivity contribution < 1.29 is 63.8 Å². The first kappa shape index (κ1) is 23.5. The van der Waals surface area contributed by atoms with Crippen molar-refractivity contribution >= 4 is 5.97 Å². The molecule has 4 aliphatic rings. The molecular formula is C23H38AcO4. The van der Waals surface area contributed by atoms with E-state index in [1.807, 2.05) is 0 Å². The number of ether oxygens (including phenoxy) is 1. The maximum atomic E-state index is 11.4. The summed E-state index contributed by atoms with van der Waals surface area (Å²) in [6.07, 6.45) is 10.1. The van der Waals surface area contributed by atoms with E-state index in [4.69, 9.17) is 4.74 Å². The molecular weight excluding hydrogens is 567 g/mol. The third-order valence-electron chi connectivity index (χ3n) is 9.68. The number of fused-ring (bicyclic) bond motifs is 5. The van der Waals surface area contributed by atoms with Gasteiger partial charge < -0.3 is 14.9 Å². The summed E-state index contributed by atoms with van der Waals surface area (Å²) in [6.45, 7) is 6.36. The normalized spacial score (nSPS) is 48.5. The Bertz CT molecular complexity index is 583. The van der Waals surface area contributed by atoms with Gasteiger partial charge in [-0.2, -0.15) is 0 Å². The molecule has 0 aromatic heterocycles. The molecule has 6 unspecified atom stereocenters. The first-order valence-electron chi connectivity index (χ1n) is 11.3. The quantitative estimate of drug-likeness (QED) is 0.479. The van der Waals surface area contributed by atoms with Gasteiger partial charge in [-0.3, -0.25) is 4.79 Å². The molecule has 0 bridgehead atoms. The van der Waals surface area contributed by atoms with Gasteiger partial charge in [-0.15, -0.1) is 0 Å². The van der Waals surface area contributed by atoms with Crippen molar-refractivity contribution in [2.45, 2.75) is 90.8 Å². The molecule has 28 heavy (non-hydrogen) atoms. The maximum absolute atomic E-state index is 11.4. The Morgan fingerprint density at radius 2 is 1.71 bits per heavy atom. The number of carbonyl (C=O) groups is 1. The Kier molecular flexibility index (Phi) is 7.35. The van der Waals surface area contributed by atoms with E-state index in [0.717, 1.165) is 31.1 Å². The average Bonchev–Trinajstić information content (AvgIpc) is 2.98. The second kappa shape index (κ2) is 8.76. The Labute approximate surface area is 206 Å². The minimum absolute atomic E-state index is 0. The minimum atomic E-state index is -0.553. The average molecular weight is 606 g/mol. The van der Waals surface area contributed by atoms with E-state index in [9.17, 15) is 15.0 Å². The fourth-order valence-corrected chi connectivity index (χ4v) is 8.36. The van der Waals surface area contributed by atoms with Crippen LogP contribution < -0.4 is 0 Å². The van der Waals surface area contributed by atoms with Crippen molar-refractivity contribution in [1.82, 2.24) is 0 Å². The Balaban J connectivity index is 0.00000225. The molecule has 4 fully saturated rings. The summed E-state index contributed by atoms with van der Waals surface area (Å²) in [7, 11) is 0. The van der Waals surface area contributed by atoms with Gasteiger partial charge in [-0.1, -0.05) is 13.8 Å². The second-order valence-corrected chi connectivity index (χ2v) is 10.6. The molecule has 4 nitrogen and oxygen atoms in total. The molecule has 0 spiro atoms. The second-order valence-electron chi connectivity index (χ2n) is 10.6. The predicted octanol–water partition coefficient (Wildman–Crippen LogP) is 3.93. The third kappa shape index (κ3) is 3.78. The zero-order valence-corrected chi connectivity index (χ0v) is 22.6. The van der Waals surface area contributed by atoms with E-state index in [1.165, 1.54) is 45.4 Å². The van der Waals surface area contributed by atoms with Gasteiger partial charge in [0, 0.05) is 51.0 Å². The number of hydrogen-bond acceptors (Lipinski definition) is 4. The number of carbonyl (C=O) groups excluding carboxylic acids is 1. The van der Waals surface area contributed by atoms with Crippen LogP contribution in [-0.4, -0.2) is 35.0 Å². The van der Waals surface area contributed by atoms with Crippen LogP contribution in [-0.2, 0) is 9.53 Å². The maximum Gasteiger partial charge on any atom is 0.302 e. The van der Waals surface area contributed by atoms with Crippen LogP contribution in [0, 0.1) is 84.5 Å². The Morgan fingerprint density at radius 3 is 2.39 bits per heavy atom. The van der Waals surface area contributed by atoms with Gasteiger partial charge in [0.25, 0.3) is 0 Å². The van der Waals surface area contributed by atoms with Gasteiger partial charge in [-0.05, 0) is 98.2 Å². The number of hydrogen-bond donors (Lipinski definition) is 2. The van der Waals surface area contributed by atoms with Crippen molar-refractivity contribution in [3.8, 4) is 0 Å². The summed E-state index contributed by atoms with van der Waals surface area (Å²) in [6, 6.07) is 0.